The first-order chi connectivity index (χ1) is 8.49. The van der Waals surface area contributed by atoms with E-state index in [1.807, 2.05) is 11.8 Å². The highest BCUT2D eigenvalue weighted by molar-refractivity contribution is 9.10. The number of likely N-dealkylation sites (tertiary alicyclic amines) is 1. The molecule has 0 spiro atoms. The minimum Gasteiger partial charge on any atom is -0.444 e. The molecule has 0 aromatic carbocycles. The number of carbonyl (C=O) groups is 1. The Morgan fingerprint density at radius 3 is 3.00 bits per heavy atom. The highest BCUT2D eigenvalue weighted by atomic mass is 79.9. The number of hydrogen-bond donors (Lipinski definition) is 1. The van der Waals surface area contributed by atoms with Gasteiger partial charge in [0, 0.05) is 18.2 Å². The second-order valence-electron chi connectivity index (χ2n) is 4.94. The lowest BCUT2D eigenvalue weighted by Gasteiger charge is -2.25. The Morgan fingerprint density at radius 2 is 2.44 bits per heavy atom. The molecule has 1 aliphatic rings. The molecular weight excluding hydrogens is 298 g/mol. The summed E-state index contributed by atoms with van der Waals surface area (Å²) in [6.07, 6.45) is 2.20. The van der Waals surface area contributed by atoms with Gasteiger partial charge in [0.05, 0.1) is 6.10 Å². The van der Waals surface area contributed by atoms with Gasteiger partial charge in [0.1, 0.15) is 0 Å². The average molecular weight is 316 g/mol. The summed E-state index contributed by atoms with van der Waals surface area (Å²) in [5, 5.41) is 9.47. The van der Waals surface area contributed by atoms with Gasteiger partial charge in [-0.2, -0.15) is 0 Å². The van der Waals surface area contributed by atoms with Crippen LogP contribution in [0.5, 0.6) is 0 Å². The predicted molar refractivity (Wildman–Crippen MR) is 71.5 cm³/mol. The maximum absolute atomic E-state index is 12.4. The van der Waals surface area contributed by atoms with Crippen LogP contribution in [-0.4, -0.2) is 34.6 Å². The van der Waals surface area contributed by atoms with Crippen molar-refractivity contribution in [2.75, 3.05) is 6.54 Å². The first kappa shape index (κ1) is 13.6. The van der Waals surface area contributed by atoms with Crippen LogP contribution in [0.25, 0.3) is 0 Å². The highest BCUT2D eigenvalue weighted by Crippen LogP contribution is 2.27. The second kappa shape index (κ2) is 5.45. The third-order valence-electron chi connectivity index (χ3n) is 3.33. The zero-order valence-corrected chi connectivity index (χ0v) is 12.2. The van der Waals surface area contributed by atoms with Crippen LogP contribution in [-0.2, 0) is 0 Å². The van der Waals surface area contributed by atoms with Gasteiger partial charge in [0.2, 0.25) is 0 Å². The van der Waals surface area contributed by atoms with Crippen molar-refractivity contribution < 1.29 is 14.3 Å². The van der Waals surface area contributed by atoms with Crippen LogP contribution in [0.3, 0.4) is 0 Å². The normalized spacial score (nSPS) is 21.3. The molecule has 1 aliphatic heterocycles. The van der Waals surface area contributed by atoms with Crippen molar-refractivity contribution in [1.29, 1.82) is 0 Å². The standard InChI is InChI=1S/C13H18BrNO3/c1-8-6-11(14)18-12(8)13(17)15-5-3-4-10(15)7-9(2)16/h6,9-10,16H,3-5,7H2,1-2H3. The molecule has 4 nitrogen and oxygen atoms in total. The molecule has 2 heterocycles. The molecule has 0 aliphatic carbocycles. The van der Waals surface area contributed by atoms with E-state index < -0.39 is 0 Å². The van der Waals surface area contributed by atoms with Crippen molar-refractivity contribution in [1.82, 2.24) is 4.90 Å². The van der Waals surface area contributed by atoms with Crippen molar-refractivity contribution >= 4 is 21.8 Å². The molecule has 2 unspecified atom stereocenters. The number of rotatable bonds is 3. The van der Waals surface area contributed by atoms with Crippen LogP contribution in [0, 0.1) is 6.92 Å². The smallest absolute Gasteiger partial charge is 0.290 e. The predicted octanol–water partition coefficient (Wildman–Crippen LogP) is 2.73. The number of carbonyl (C=O) groups excluding carboxylic acids is 1. The summed E-state index contributed by atoms with van der Waals surface area (Å²) in [7, 11) is 0. The summed E-state index contributed by atoms with van der Waals surface area (Å²) in [5.74, 6) is 0.334. The summed E-state index contributed by atoms with van der Waals surface area (Å²) < 4.78 is 5.98. The van der Waals surface area contributed by atoms with Gasteiger partial charge >= 0.3 is 0 Å². The molecule has 1 saturated heterocycles. The van der Waals surface area contributed by atoms with Crippen LogP contribution in [0.1, 0.15) is 42.3 Å². The van der Waals surface area contributed by atoms with Gasteiger partial charge < -0.3 is 14.4 Å². The number of halogens is 1. The fourth-order valence-electron chi connectivity index (χ4n) is 2.53. The first-order valence-corrected chi connectivity index (χ1v) is 7.03. The fraction of sp³-hybridized carbons (Fsp3) is 0.615. The zero-order valence-electron chi connectivity index (χ0n) is 10.6. The lowest BCUT2D eigenvalue weighted by atomic mass is 10.1. The molecule has 1 amide bonds. The Labute approximate surface area is 115 Å². The van der Waals surface area contributed by atoms with Gasteiger partial charge in [-0.05, 0) is 55.1 Å². The van der Waals surface area contributed by atoms with Gasteiger partial charge in [-0.25, -0.2) is 0 Å². The van der Waals surface area contributed by atoms with E-state index in [0.29, 0.717) is 16.9 Å². The van der Waals surface area contributed by atoms with E-state index in [2.05, 4.69) is 15.9 Å². The summed E-state index contributed by atoms with van der Waals surface area (Å²) in [4.78, 5) is 14.2. The largest absolute Gasteiger partial charge is 0.444 e. The fourth-order valence-corrected chi connectivity index (χ4v) is 3.03. The SMILES string of the molecule is Cc1cc(Br)oc1C(=O)N1CCCC1CC(C)O. The summed E-state index contributed by atoms with van der Waals surface area (Å²) in [6.45, 7) is 4.37. The molecule has 2 atom stereocenters. The number of amides is 1. The molecule has 1 aromatic heterocycles. The number of aliphatic hydroxyl groups is 1. The van der Waals surface area contributed by atoms with Crippen LogP contribution < -0.4 is 0 Å². The van der Waals surface area contributed by atoms with Crippen molar-refractivity contribution in [3.05, 3.63) is 22.1 Å². The van der Waals surface area contributed by atoms with Gasteiger partial charge in [-0.3, -0.25) is 4.79 Å². The molecule has 100 valence electrons. The first-order valence-electron chi connectivity index (χ1n) is 6.24. The Hall–Kier alpha value is -0.810. The quantitative estimate of drug-likeness (QED) is 0.933. The van der Waals surface area contributed by atoms with E-state index in [0.717, 1.165) is 24.9 Å². The van der Waals surface area contributed by atoms with Crippen LogP contribution >= 0.6 is 15.9 Å². The maximum atomic E-state index is 12.4. The average Bonchev–Trinajstić information content (AvgIpc) is 2.83. The summed E-state index contributed by atoms with van der Waals surface area (Å²) in [6, 6.07) is 1.92. The van der Waals surface area contributed by atoms with Crippen molar-refractivity contribution in [2.45, 2.75) is 45.3 Å². The Balaban J connectivity index is 2.15. The topological polar surface area (TPSA) is 53.7 Å². The Morgan fingerprint density at radius 1 is 1.72 bits per heavy atom. The number of furan rings is 1. The van der Waals surface area contributed by atoms with Crippen molar-refractivity contribution in [3.63, 3.8) is 0 Å². The van der Waals surface area contributed by atoms with Crippen LogP contribution in [0.4, 0.5) is 0 Å². The van der Waals surface area contributed by atoms with Crippen LogP contribution in [0.15, 0.2) is 15.2 Å². The minimum absolute atomic E-state index is 0.0682. The van der Waals surface area contributed by atoms with E-state index in [1.165, 1.54) is 0 Å². The van der Waals surface area contributed by atoms with Gasteiger partial charge in [-0.15, -0.1) is 0 Å². The molecule has 0 saturated carbocycles. The number of hydrogen-bond acceptors (Lipinski definition) is 3. The second-order valence-corrected chi connectivity index (χ2v) is 5.72. The summed E-state index contributed by atoms with van der Waals surface area (Å²) >= 11 is 3.24. The van der Waals surface area contributed by atoms with E-state index in [4.69, 9.17) is 4.42 Å². The lowest BCUT2D eigenvalue weighted by Crippen LogP contribution is -2.37. The molecule has 1 N–H and O–H groups in total. The molecule has 1 aromatic rings. The van der Waals surface area contributed by atoms with Crippen molar-refractivity contribution in [3.8, 4) is 0 Å². The maximum Gasteiger partial charge on any atom is 0.290 e. The monoisotopic (exact) mass is 315 g/mol. The van der Waals surface area contributed by atoms with E-state index in [-0.39, 0.29) is 18.1 Å². The lowest BCUT2D eigenvalue weighted by molar-refractivity contribution is 0.0648. The molecular formula is C13H18BrNO3. The van der Waals surface area contributed by atoms with E-state index in [9.17, 15) is 9.90 Å². The molecule has 0 radical (unpaired) electrons. The molecule has 0 bridgehead atoms. The number of nitrogens with zero attached hydrogens (tertiary/aromatic N) is 1. The van der Waals surface area contributed by atoms with Gasteiger partial charge in [-0.1, -0.05) is 0 Å². The van der Waals surface area contributed by atoms with Crippen molar-refractivity contribution in [2.24, 2.45) is 0 Å². The van der Waals surface area contributed by atoms with E-state index in [1.54, 1.807) is 13.0 Å². The molecule has 5 heteroatoms. The Kier molecular flexibility index (Phi) is 4.12. The Bertz CT molecular complexity index is 441. The van der Waals surface area contributed by atoms with E-state index >= 15 is 0 Å². The summed E-state index contributed by atoms with van der Waals surface area (Å²) in [5.41, 5.74) is 0.842. The molecule has 2 rings (SSSR count). The van der Waals surface area contributed by atoms with Gasteiger partial charge in [0.15, 0.2) is 10.4 Å². The number of aryl methyl sites for hydroxylation is 1. The minimum atomic E-state index is -0.382. The zero-order chi connectivity index (χ0) is 13.3. The van der Waals surface area contributed by atoms with Gasteiger partial charge in [0.25, 0.3) is 5.91 Å². The molecule has 1 fully saturated rings. The van der Waals surface area contributed by atoms with Crippen LogP contribution in [0.2, 0.25) is 0 Å². The molecule has 18 heavy (non-hydrogen) atoms. The third-order valence-corrected chi connectivity index (χ3v) is 3.72. The number of aliphatic hydroxyl groups excluding tert-OH is 1. The third kappa shape index (κ3) is 2.78. The highest BCUT2D eigenvalue weighted by Gasteiger charge is 2.32.